The van der Waals surface area contributed by atoms with Crippen molar-refractivity contribution < 1.29 is 9.59 Å². The number of unbranched alkanes of at least 4 members (excludes halogenated alkanes) is 1. The van der Waals surface area contributed by atoms with Crippen molar-refractivity contribution in [2.24, 2.45) is 5.92 Å². The summed E-state index contributed by atoms with van der Waals surface area (Å²) in [6, 6.07) is 2.07. The standard InChI is InChI=1S/C18H26N2O2S/c1-3-5-10-20(12-15-8-11-23-14-15)18(22)16-6-7-17(21)19(13-16)9-4-2/h4,8,11,14,16H,2-3,5-7,9-10,12-13H2,1H3. The van der Waals surface area contributed by atoms with Gasteiger partial charge in [-0.2, -0.15) is 11.3 Å². The molecular weight excluding hydrogens is 308 g/mol. The summed E-state index contributed by atoms with van der Waals surface area (Å²) < 4.78 is 0. The first-order valence-electron chi connectivity index (χ1n) is 8.34. The molecule has 0 spiro atoms. The van der Waals surface area contributed by atoms with Crippen LogP contribution in [0.2, 0.25) is 0 Å². The molecule has 2 amide bonds. The summed E-state index contributed by atoms with van der Waals surface area (Å²) in [5.41, 5.74) is 1.19. The number of nitrogens with zero attached hydrogens (tertiary/aromatic N) is 2. The zero-order valence-corrected chi connectivity index (χ0v) is 14.7. The molecule has 0 radical (unpaired) electrons. The van der Waals surface area contributed by atoms with Gasteiger partial charge < -0.3 is 9.80 Å². The van der Waals surface area contributed by atoms with Crippen LogP contribution in [0.3, 0.4) is 0 Å². The van der Waals surface area contributed by atoms with Crippen LogP contribution in [0.1, 0.15) is 38.2 Å². The highest BCUT2D eigenvalue weighted by Crippen LogP contribution is 2.21. The predicted molar refractivity (Wildman–Crippen MR) is 94.1 cm³/mol. The summed E-state index contributed by atoms with van der Waals surface area (Å²) in [7, 11) is 0. The zero-order valence-electron chi connectivity index (χ0n) is 13.9. The second-order valence-electron chi connectivity index (χ2n) is 6.07. The van der Waals surface area contributed by atoms with Crippen molar-refractivity contribution in [2.75, 3.05) is 19.6 Å². The second kappa shape index (κ2) is 8.87. The minimum absolute atomic E-state index is 0.0804. The quantitative estimate of drug-likeness (QED) is 0.684. The molecule has 1 aliphatic rings. The summed E-state index contributed by atoms with van der Waals surface area (Å²) in [6.45, 7) is 8.35. The Morgan fingerprint density at radius 3 is 3.04 bits per heavy atom. The molecule has 0 bridgehead atoms. The molecule has 1 fully saturated rings. The Balaban J connectivity index is 2.03. The van der Waals surface area contributed by atoms with E-state index in [4.69, 9.17) is 0 Å². The fourth-order valence-electron chi connectivity index (χ4n) is 2.93. The lowest BCUT2D eigenvalue weighted by Crippen LogP contribution is -2.47. The van der Waals surface area contributed by atoms with Crippen LogP contribution in [0.5, 0.6) is 0 Å². The average Bonchev–Trinajstić information content (AvgIpc) is 3.06. The average molecular weight is 334 g/mol. The number of rotatable bonds is 8. The molecule has 0 aromatic carbocycles. The van der Waals surface area contributed by atoms with Gasteiger partial charge in [-0.3, -0.25) is 9.59 Å². The Bertz CT molecular complexity index is 527. The lowest BCUT2D eigenvalue weighted by atomic mass is 9.95. The highest BCUT2D eigenvalue weighted by molar-refractivity contribution is 7.07. The fraction of sp³-hybridized carbons (Fsp3) is 0.556. The number of carbonyl (C=O) groups excluding carboxylic acids is 2. The first-order chi connectivity index (χ1) is 11.2. The van der Waals surface area contributed by atoms with Gasteiger partial charge >= 0.3 is 0 Å². The molecule has 0 aliphatic carbocycles. The van der Waals surface area contributed by atoms with Crippen molar-refractivity contribution in [2.45, 2.75) is 39.2 Å². The lowest BCUT2D eigenvalue weighted by Gasteiger charge is -2.34. The van der Waals surface area contributed by atoms with Crippen LogP contribution >= 0.6 is 11.3 Å². The third-order valence-corrected chi connectivity index (χ3v) is 4.98. The van der Waals surface area contributed by atoms with Gasteiger partial charge in [-0.25, -0.2) is 0 Å². The Kier molecular flexibility index (Phi) is 6.84. The molecule has 1 aromatic heterocycles. The van der Waals surface area contributed by atoms with Crippen molar-refractivity contribution in [1.82, 2.24) is 9.80 Å². The number of carbonyl (C=O) groups is 2. The molecule has 5 heteroatoms. The van der Waals surface area contributed by atoms with Crippen LogP contribution in [0.25, 0.3) is 0 Å². The summed E-state index contributed by atoms with van der Waals surface area (Å²) in [6.07, 6.45) is 4.93. The Labute approximate surface area is 142 Å². The molecule has 1 aromatic rings. The van der Waals surface area contributed by atoms with E-state index in [0.29, 0.717) is 32.5 Å². The van der Waals surface area contributed by atoms with E-state index in [2.05, 4.69) is 24.9 Å². The molecule has 23 heavy (non-hydrogen) atoms. The van der Waals surface area contributed by atoms with E-state index in [1.165, 1.54) is 5.56 Å². The van der Waals surface area contributed by atoms with E-state index in [0.717, 1.165) is 19.4 Å². The van der Waals surface area contributed by atoms with Crippen molar-refractivity contribution in [3.8, 4) is 0 Å². The van der Waals surface area contributed by atoms with Gasteiger partial charge in [-0.15, -0.1) is 6.58 Å². The van der Waals surface area contributed by atoms with Crippen LogP contribution < -0.4 is 0 Å². The van der Waals surface area contributed by atoms with E-state index >= 15 is 0 Å². The highest BCUT2D eigenvalue weighted by Gasteiger charge is 2.32. The van der Waals surface area contributed by atoms with Crippen molar-refractivity contribution in [3.05, 3.63) is 35.0 Å². The van der Waals surface area contributed by atoms with E-state index in [-0.39, 0.29) is 17.7 Å². The molecule has 0 N–H and O–H groups in total. The predicted octanol–water partition coefficient (Wildman–Crippen LogP) is 3.30. The maximum atomic E-state index is 13.0. The molecule has 126 valence electrons. The SMILES string of the molecule is C=CCN1CC(C(=O)N(CCCC)Cc2ccsc2)CCC1=O. The third-order valence-electron chi connectivity index (χ3n) is 4.25. The van der Waals surface area contributed by atoms with Crippen LogP contribution in [0.15, 0.2) is 29.5 Å². The van der Waals surface area contributed by atoms with Gasteiger partial charge in [-0.05, 0) is 35.2 Å². The molecular formula is C18H26N2O2S. The Hall–Kier alpha value is -1.62. The lowest BCUT2D eigenvalue weighted by molar-refractivity contribution is -0.143. The van der Waals surface area contributed by atoms with Crippen LogP contribution in [-0.4, -0.2) is 41.2 Å². The number of thiophene rings is 1. The van der Waals surface area contributed by atoms with Gasteiger partial charge in [0.05, 0.1) is 5.92 Å². The Morgan fingerprint density at radius 2 is 2.39 bits per heavy atom. The smallest absolute Gasteiger partial charge is 0.227 e. The number of piperidine rings is 1. The fourth-order valence-corrected chi connectivity index (χ4v) is 3.59. The second-order valence-corrected chi connectivity index (χ2v) is 6.85. The summed E-state index contributed by atoms with van der Waals surface area (Å²) in [4.78, 5) is 28.6. The van der Waals surface area contributed by atoms with Gasteiger partial charge in [0.1, 0.15) is 0 Å². The number of likely N-dealkylation sites (tertiary alicyclic amines) is 1. The normalized spacial score (nSPS) is 18.0. The van der Waals surface area contributed by atoms with E-state index in [9.17, 15) is 9.59 Å². The maximum absolute atomic E-state index is 13.0. The van der Waals surface area contributed by atoms with E-state index in [1.807, 2.05) is 10.3 Å². The topological polar surface area (TPSA) is 40.6 Å². The molecule has 2 heterocycles. The third kappa shape index (κ3) is 4.93. The minimum Gasteiger partial charge on any atom is -0.338 e. The van der Waals surface area contributed by atoms with Gasteiger partial charge in [0.2, 0.25) is 11.8 Å². The summed E-state index contributed by atoms with van der Waals surface area (Å²) in [5, 5.41) is 4.14. The van der Waals surface area contributed by atoms with E-state index in [1.54, 1.807) is 22.3 Å². The minimum atomic E-state index is -0.0804. The molecule has 1 saturated heterocycles. The van der Waals surface area contributed by atoms with Crippen LogP contribution in [-0.2, 0) is 16.1 Å². The van der Waals surface area contributed by atoms with Gasteiger partial charge in [0.15, 0.2) is 0 Å². The first-order valence-corrected chi connectivity index (χ1v) is 9.28. The van der Waals surface area contributed by atoms with Crippen molar-refractivity contribution in [1.29, 1.82) is 0 Å². The van der Waals surface area contributed by atoms with Crippen molar-refractivity contribution >= 4 is 23.2 Å². The largest absolute Gasteiger partial charge is 0.338 e. The molecule has 1 unspecified atom stereocenters. The number of hydrogen-bond donors (Lipinski definition) is 0. The number of hydrogen-bond acceptors (Lipinski definition) is 3. The van der Waals surface area contributed by atoms with Crippen molar-refractivity contribution in [3.63, 3.8) is 0 Å². The van der Waals surface area contributed by atoms with Gasteiger partial charge in [-0.1, -0.05) is 19.4 Å². The molecule has 4 nitrogen and oxygen atoms in total. The molecule has 1 aliphatic heterocycles. The number of amides is 2. The molecule has 2 rings (SSSR count). The van der Waals surface area contributed by atoms with E-state index < -0.39 is 0 Å². The summed E-state index contributed by atoms with van der Waals surface area (Å²) >= 11 is 1.66. The molecule has 0 saturated carbocycles. The van der Waals surface area contributed by atoms with Crippen LogP contribution in [0, 0.1) is 5.92 Å². The zero-order chi connectivity index (χ0) is 16.7. The van der Waals surface area contributed by atoms with Crippen LogP contribution in [0.4, 0.5) is 0 Å². The van der Waals surface area contributed by atoms with Gasteiger partial charge in [0, 0.05) is 32.6 Å². The first kappa shape index (κ1) is 17.7. The highest BCUT2D eigenvalue weighted by atomic mass is 32.1. The monoisotopic (exact) mass is 334 g/mol. The summed E-state index contributed by atoms with van der Waals surface area (Å²) in [5.74, 6) is 0.237. The van der Waals surface area contributed by atoms with Gasteiger partial charge in [0.25, 0.3) is 0 Å². The Morgan fingerprint density at radius 1 is 1.57 bits per heavy atom. The maximum Gasteiger partial charge on any atom is 0.227 e. The molecule has 1 atom stereocenters.